The van der Waals surface area contributed by atoms with E-state index in [1.807, 2.05) is 67.6 Å². The summed E-state index contributed by atoms with van der Waals surface area (Å²) >= 11 is 5.21. The van der Waals surface area contributed by atoms with Crippen molar-refractivity contribution in [1.29, 1.82) is 0 Å². The Kier molecular flexibility index (Phi) is 6.88. The number of aryl methyl sites for hydroxylation is 1. The molecule has 3 aromatic carbocycles. The summed E-state index contributed by atoms with van der Waals surface area (Å²) in [5.74, 6) is 1.34. The first-order valence-electron chi connectivity index (χ1n) is 11.0. The molecule has 5 rings (SSSR count). The van der Waals surface area contributed by atoms with Crippen LogP contribution in [0.5, 0.6) is 0 Å². The van der Waals surface area contributed by atoms with Crippen molar-refractivity contribution >= 4 is 44.8 Å². The second-order valence-electron chi connectivity index (χ2n) is 8.04. The van der Waals surface area contributed by atoms with Crippen molar-refractivity contribution in [3.05, 3.63) is 123 Å². The molecule has 0 radical (unpaired) electrons. The topological polar surface area (TPSA) is 60.1 Å². The zero-order valence-electron chi connectivity index (χ0n) is 18.9. The molecule has 0 aliphatic heterocycles. The maximum atomic E-state index is 13.5. The Labute approximate surface area is 215 Å². The molecule has 0 unspecified atom stereocenters. The van der Waals surface area contributed by atoms with Gasteiger partial charge in [0.2, 0.25) is 0 Å². The Balaban J connectivity index is 1.52. The van der Waals surface area contributed by atoms with Gasteiger partial charge in [0.1, 0.15) is 0 Å². The van der Waals surface area contributed by atoms with Crippen LogP contribution in [0, 0.1) is 6.92 Å². The zero-order chi connectivity index (χ0) is 24.2. The van der Waals surface area contributed by atoms with Crippen LogP contribution in [0.15, 0.2) is 111 Å². The van der Waals surface area contributed by atoms with E-state index < -0.39 is 0 Å². The standard InChI is InChI=1S/C28H21BrN4OS/c1-19-2-4-20(5-3-19)17-31-33-27(32-26-11-10-23(29)16-25(26)28(33)34)22-8-6-21(7-9-22)18-35-24-12-14-30-15-13-24/h2-17H,18H2,1H3. The van der Waals surface area contributed by atoms with E-state index in [1.165, 1.54) is 20.7 Å². The average Bonchev–Trinajstić information content (AvgIpc) is 2.89. The highest BCUT2D eigenvalue weighted by Crippen LogP contribution is 2.25. The molecule has 5 nitrogen and oxygen atoms in total. The number of thioether (sulfide) groups is 1. The van der Waals surface area contributed by atoms with Gasteiger partial charge in [0.05, 0.1) is 17.1 Å². The van der Waals surface area contributed by atoms with E-state index in [9.17, 15) is 4.79 Å². The first-order valence-corrected chi connectivity index (χ1v) is 12.8. The summed E-state index contributed by atoms with van der Waals surface area (Å²) < 4.78 is 2.21. The SMILES string of the molecule is Cc1ccc(C=Nn2c(-c3ccc(CSc4ccncc4)cc3)nc3ccc(Br)cc3c2=O)cc1. The highest BCUT2D eigenvalue weighted by Gasteiger charge is 2.13. The molecule has 7 heteroatoms. The van der Waals surface area contributed by atoms with Crippen molar-refractivity contribution in [2.45, 2.75) is 17.6 Å². The number of halogens is 1. The smallest absolute Gasteiger partial charge is 0.267 e. The molecule has 0 atom stereocenters. The van der Waals surface area contributed by atoms with Crippen LogP contribution in [0.3, 0.4) is 0 Å². The fraction of sp³-hybridized carbons (Fsp3) is 0.0714. The number of pyridine rings is 1. The monoisotopic (exact) mass is 540 g/mol. The molecule has 0 fully saturated rings. The predicted molar refractivity (Wildman–Crippen MR) is 147 cm³/mol. The highest BCUT2D eigenvalue weighted by atomic mass is 79.9. The minimum absolute atomic E-state index is 0.216. The largest absolute Gasteiger partial charge is 0.282 e. The van der Waals surface area contributed by atoms with Gasteiger partial charge in [-0.1, -0.05) is 70.0 Å². The molecule has 0 amide bonds. The van der Waals surface area contributed by atoms with E-state index >= 15 is 0 Å². The Bertz CT molecular complexity index is 1560. The maximum absolute atomic E-state index is 13.5. The van der Waals surface area contributed by atoms with Crippen LogP contribution in [0.4, 0.5) is 0 Å². The zero-order valence-corrected chi connectivity index (χ0v) is 21.3. The van der Waals surface area contributed by atoms with E-state index in [4.69, 9.17) is 4.98 Å². The number of hydrogen-bond acceptors (Lipinski definition) is 5. The molecule has 172 valence electrons. The van der Waals surface area contributed by atoms with Crippen LogP contribution >= 0.6 is 27.7 Å². The summed E-state index contributed by atoms with van der Waals surface area (Å²) in [4.78, 5) is 23.5. The van der Waals surface area contributed by atoms with Crippen molar-refractivity contribution in [1.82, 2.24) is 14.6 Å². The van der Waals surface area contributed by atoms with E-state index in [-0.39, 0.29) is 5.56 Å². The van der Waals surface area contributed by atoms with E-state index in [2.05, 4.69) is 38.1 Å². The number of hydrogen-bond donors (Lipinski definition) is 0. The quantitative estimate of drug-likeness (QED) is 0.177. The van der Waals surface area contributed by atoms with Crippen molar-refractivity contribution in [2.75, 3.05) is 0 Å². The lowest BCUT2D eigenvalue weighted by Gasteiger charge is -2.10. The lowest BCUT2D eigenvalue weighted by atomic mass is 10.1. The Hall–Kier alpha value is -3.55. The average molecular weight is 541 g/mol. The van der Waals surface area contributed by atoms with Gasteiger partial charge in [-0.25, -0.2) is 4.98 Å². The summed E-state index contributed by atoms with van der Waals surface area (Å²) in [7, 11) is 0. The second kappa shape index (κ2) is 10.4. The normalized spacial score (nSPS) is 11.4. The van der Waals surface area contributed by atoms with Crippen LogP contribution in [-0.2, 0) is 5.75 Å². The van der Waals surface area contributed by atoms with E-state index in [0.717, 1.165) is 21.4 Å². The van der Waals surface area contributed by atoms with Crippen molar-refractivity contribution in [2.24, 2.45) is 5.10 Å². The Morgan fingerprint density at radius 3 is 2.46 bits per heavy atom. The van der Waals surface area contributed by atoms with Gasteiger partial charge < -0.3 is 0 Å². The first-order chi connectivity index (χ1) is 17.1. The molecule has 0 saturated heterocycles. The number of aromatic nitrogens is 3. The lowest BCUT2D eigenvalue weighted by molar-refractivity contribution is 0.829. The number of rotatable bonds is 6. The summed E-state index contributed by atoms with van der Waals surface area (Å²) in [5.41, 5.74) is 4.49. The minimum Gasteiger partial charge on any atom is -0.267 e. The number of benzene rings is 3. The maximum Gasteiger partial charge on any atom is 0.282 e. The third kappa shape index (κ3) is 5.42. The van der Waals surface area contributed by atoms with Crippen LogP contribution in [-0.4, -0.2) is 20.9 Å². The van der Waals surface area contributed by atoms with Crippen LogP contribution < -0.4 is 5.56 Å². The first kappa shape index (κ1) is 23.2. The van der Waals surface area contributed by atoms with Gasteiger partial charge in [-0.15, -0.1) is 11.8 Å². The van der Waals surface area contributed by atoms with Crippen molar-refractivity contribution in [3.8, 4) is 11.4 Å². The molecule has 0 spiro atoms. The van der Waals surface area contributed by atoms with E-state index in [0.29, 0.717) is 16.7 Å². The fourth-order valence-corrected chi connectivity index (χ4v) is 4.77. The molecule has 2 aromatic heterocycles. The minimum atomic E-state index is -0.216. The predicted octanol–water partition coefficient (Wildman–Crippen LogP) is 6.70. The molecule has 0 aliphatic rings. The van der Waals surface area contributed by atoms with Gasteiger partial charge in [-0.05, 0) is 48.4 Å². The summed E-state index contributed by atoms with van der Waals surface area (Å²) in [6.45, 7) is 2.04. The van der Waals surface area contributed by atoms with Gasteiger partial charge in [-0.2, -0.15) is 9.78 Å². The van der Waals surface area contributed by atoms with Gasteiger partial charge in [0, 0.05) is 33.1 Å². The lowest BCUT2D eigenvalue weighted by Crippen LogP contribution is -2.20. The van der Waals surface area contributed by atoms with Gasteiger partial charge in [0.25, 0.3) is 5.56 Å². The van der Waals surface area contributed by atoms with Gasteiger partial charge in [-0.3, -0.25) is 9.78 Å². The molecule has 35 heavy (non-hydrogen) atoms. The van der Waals surface area contributed by atoms with E-state index in [1.54, 1.807) is 36.4 Å². The van der Waals surface area contributed by atoms with Crippen LogP contribution in [0.2, 0.25) is 0 Å². The number of fused-ring (bicyclic) bond motifs is 1. The third-order valence-electron chi connectivity index (χ3n) is 5.48. The van der Waals surface area contributed by atoms with Gasteiger partial charge >= 0.3 is 0 Å². The molecule has 0 aliphatic carbocycles. The van der Waals surface area contributed by atoms with Gasteiger partial charge in [0.15, 0.2) is 5.82 Å². The van der Waals surface area contributed by atoms with Crippen LogP contribution in [0.1, 0.15) is 16.7 Å². The molecule has 0 N–H and O–H groups in total. The molecular weight excluding hydrogens is 520 g/mol. The Morgan fingerprint density at radius 2 is 1.71 bits per heavy atom. The Morgan fingerprint density at radius 1 is 0.971 bits per heavy atom. The summed E-state index contributed by atoms with van der Waals surface area (Å²) in [5, 5.41) is 5.06. The number of nitrogens with zero attached hydrogens (tertiary/aromatic N) is 4. The third-order valence-corrected chi connectivity index (χ3v) is 7.05. The van der Waals surface area contributed by atoms with Crippen LogP contribution in [0.25, 0.3) is 22.3 Å². The molecule has 0 bridgehead atoms. The molecule has 0 saturated carbocycles. The fourth-order valence-electron chi connectivity index (χ4n) is 3.57. The molecule has 5 aromatic rings. The van der Waals surface area contributed by atoms with Crippen molar-refractivity contribution in [3.63, 3.8) is 0 Å². The summed E-state index contributed by atoms with van der Waals surface area (Å²) in [6, 6.07) is 25.6. The van der Waals surface area contributed by atoms with Crippen molar-refractivity contribution < 1.29 is 0 Å². The second-order valence-corrected chi connectivity index (χ2v) is 10.0. The molecule has 2 heterocycles. The summed E-state index contributed by atoms with van der Waals surface area (Å²) in [6.07, 6.45) is 5.28. The molecular formula is C28H21BrN4OS. The highest BCUT2D eigenvalue weighted by molar-refractivity contribution is 9.10.